The van der Waals surface area contributed by atoms with Crippen LogP contribution < -0.4 is 5.14 Å². The van der Waals surface area contributed by atoms with Crippen LogP contribution in [0.2, 0.25) is 0 Å². The van der Waals surface area contributed by atoms with E-state index in [1.165, 1.54) is 0 Å². The molecule has 0 bridgehead atoms. The fraction of sp³-hybridized carbons (Fsp3) is 0.267. The van der Waals surface area contributed by atoms with Gasteiger partial charge in [-0.25, -0.2) is 0 Å². The Balaban J connectivity index is 2.27. The summed E-state index contributed by atoms with van der Waals surface area (Å²) in [6.07, 6.45) is 3.69. The van der Waals surface area contributed by atoms with Crippen LogP contribution in [0.1, 0.15) is 19.5 Å². The SMILES string of the molecule is Cn1nc(C=CC(C)(C)[S+](N)[O-])cc1-c1ccccc1. The molecule has 0 aliphatic carbocycles. The topological polar surface area (TPSA) is 66.9 Å². The molecule has 0 aliphatic heterocycles. The Labute approximate surface area is 122 Å². The Hall–Kier alpha value is -1.56. The molecule has 4 nitrogen and oxygen atoms in total. The minimum absolute atomic E-state index is 0.565. The van der Waals surface area contributed by atoms with E-state index in [4.69, 9.17) is 5.14 Å². The molecule has 5 heteroatoms. The van der Waals surface area contributed by atoms with Gasteiger partial charge in [0.2, 0.25) is 0 Å². The van der Waals surface area contributed by atoms with Crippen molar-refractivity contribution in [1.29, 1.82) is 0 Å². The van der Waals surface area contributed by atoms with Crippen molar-refractivity contribution in [2.45, 2.75) is 18.6 Å². The Morgan fingerprint density at radius 1 is 1.30 bits per heavy atom. The molecule has 1 aromatic heterocycles. The molecule has 1 atom stereocenters. The molecule has 2 rings (SSSR count). The molecule has 1 heterocycles. The summed E-state index contributed by atoms with van der Waals surface area (Å²) >= 11 is -1.41. The number of benzene rings is 1. The lowest BCUT2D eigenvalue weighted by atomic mass is 10.1. The zero-order valence-electron chi connectivity index (χ0n) is 11.9. The minimum Gasteiger partial charge on any atom is -0.598 e. The molecule has 1 unspecified atom stereocenters. The fourth-order valence-electron chi connectivity index (χ4n) is 1.80. The first-order valence-corrected chi connectivity index (χ1v) is 7.56. The summed E-state index contributed by atoms with van der Waals surface area (Å²) in [5.41, 5.74) is 2.98. The summed E-state index contributed by atoms with van der Waals surface area (Å²) in [7, 11) is 1.91. The van der Waals surface area contributed by atoms with Crippen molar-refractivity contribution < 1.29 is 4.55 Å². The summed E-state index contributed by atoms with van der Waals surface area (Å²) in [5, 5.41) is 9.90. The van der Waals surface area contributed by atoms with Gasteiger partial charge in [0.05, 0.1) is 11.4 Å². The Bertz CT molecular complexity index is 603. The van der Waals surface area contributed by atoms with Gasteiger partial charge in [-0.2, -0.15) is 10.2 Å². The Kier molecular flexibility index (Phi) is 4.32. The highest BCUT2D eigenvalue weighted by molar-refractivity contribution is 7.90. The first-order valence-electron chi connectivity index (χ1n) is 6.35. The van der Waals surface area contributed by atoms with Crippen LogP contribution >= 0.6 is 0 Å². The van der Waals surface area contributed by atoms with Crippen LogP contribution in [0.3, 0.4) is 0 Å². The second-order valence-electron chi connectivity index (χ2n) is 5.18. The summed E-state index contributed by atoms with van der Waals surface area (Å²) in [4.78, 5) is 0. The predicted molar refractivity (Wildman–Crippen MR) is 84.1 cm³/mol. The number of nitrogens with two attached hydrogens (primary N) is 1. The average molecular weight is 289 g/mol. The maximum absolute atomic E-state index is 11.4. The highest BCUT2D eigenvalue weighted by Crippen LogP contribution is 2.21. The van der Waals surface area contributed by atoms with Gasteiger partial charge in [-0.15, -0.1) is 0 Å². The third-order valence-corrected chi connectivity index (χ3v) is 4.32. The zero-order chi connectivity index (χ0) is 14.8. The number of aromatic nitrogens is 2. The summed E-state index contributed by atoms with van der Waals surface area (Å²) in [6.45, 7) is 3.67. The van der Waals surface area contributed by atoms with E-state index in [0.29, 0.717) is 0 Å². The lowest BCUT2D eigenvalue weighted by Crippen LogP contribution is -2.35. The van der Waals surface area contributed by atoms with E-state index >= 15 is 0 Å². The van der Waals surface area contributed by atoms with Crippen LogP contribution in [0.25, 0.3) is 17.3 Å². The second kappa shape index (κ2) is 5.83. The molecule has 0 saturated carbocycles. The van der Waals surface area contributed by atoms with Crippen molar-refractivity contribution in [3.05, 3.63) is 48.2 Å². The normalized spacial score (nSPS) is 13.8. The molecule has 0 spiro atoms. The summed E-state index contributed by atoms with van der Waals surface area (Å²) < 4.78 is 12.7. The van der Waals surface area contributed by atoms with Gasteiger partial charge in [-0.05, 0) is 37.6 Å². The first-order chi connectivity index (χ1) is 9.40. The number of nitrogens with zero attached hydrogens (tertiary/aromatic N) is 2. The third-order valence-electron chi connectivity index (χ3n) is 3.14. The van der Waals surface area contributed by atoms with Crippen LogP contribution in [0.5, 0.6) is 0 Å². The van der Waals surface area contributed by atoms with Gasteiger partial charge in [0.25, 0.3) is 0 Å². The Morgan fingerprint density at radius 2 is 1.95 bits per heavy atom. The number of aryl methyl sites for hydroxylation is 1. The second-order valence-corrected chi connectivity index (χ2v) is 6.83. The number of hydrogen-bond donors (Lipinski definition) is 1. The van der Waals surface area contributed by atoms with Crippen molar-refractivity contribution in [3.8, 4) is 11.3 Å². The molecule has 0 aliphatic rings. The average Bonchev–Trinajstić information content (AvgIpc) is 2.79. The van der Waals surface area contributed by atoms with Crippen LogP contribution in [0.15, 0.2) is 42.5 Å². The van der Waals surface area contributed by atoms with E-state index in [9.17, 15) is 4.55 Å². The van der Waals surface area contributed by atoms with E-state index < -0.39 is 16.1 Å². The van der Waals surface area contributed by atoms with Crippen LogP contribution in [0, 0.1) is 0 Å². The molecule has 0 amide bonds. The van der Waals surface area contributed by atoms with Crippen molar-refractivity contribution in [2.75, 3.05) is 0 Å². The predicted octanol–water partition coefficient (Wildman–Crippen LogP) is 2.50. The van der Waals surface area contributed by atoms with Gasteiger partial charge in [0, 0.05) is 18.4 Å². The molecule has 2 N–H and O–H groups in total. The lowest BCUT2D eigenvalue weighted by Gasteiger charge is -2.19. The fourth-order valence-corrected chi connectivity index (χ4v) is 2.01. The lowest BCUT2D eigenvalue weighted by molar-refractivity contribution is 0.573. The number of rotatable bonds is 4. The van der Waals surface area contributed by atoms with Crippen LogP contribution in [0.4, 0.5) is 0 Å². The highest BCUT2D eigenvalue weighted by atomic mass is 32.2. The summed E-state index contributed by atoms with van der Waals surface area (Å²) in [6, 6.07) is 12.1. The molecular weight excluding hydrogens is 270 g/mol. The summed E-state index contributed by atoms with van der Waals surface area (Å²) in [5.74, 6) is 0. The van der Waals surface area contributed by atoms with Crippen LogP contribution in [-0.2, 0) is 18.4 Å². The molecule has 1 aromatic carbocycles. The molecule has 0 radical (unpaired) electrons. The van der Waals surface area contributed by atoms with Gasteiger partial charge in [0.15, 0.2) is 4.75 Å². The van der Waals surface area contributed by atoms with E-state index in [1.54, 1.807) is 0 Å². The molecule has 0 fully saturated rings. The van der Waals surface area contributed by atoms with Crippen molar-refractivity contribution in [3.63, 3.8) is 0 Å². The zero-order valence-corrected chi connectivity index (χ0v) is 12.7. The smallest absolute Gasteiger partial charge is 0.157 e. The van der Waals surface area contributed by atoms with Gasteiger partial charge in [0.1, 0.15) is 0 Å². The highest BCUT2D eigenvalue weighted by Gasteiger charge is 2.26. The molecule has 106 valence electrons. The van der Waals surface area contributed by atoms with Crippen LogP contribution in [-0.4, -0.2) is 19.1 Å². The maximum Gasteiger partial charge on any atom is 0.157 e. The van der Waals surface area contributed by atoms with Gasteiger partial charge in [-0.1, -0.05) is 30.3 Å². The van der Waals surface area contributed by atoms with E-state index in [2.05, 4.69) is 5.10 Å². The van der Waals surface area contributed by atoms with E-state index in [0.717, 1.165) is 17.0 Å². The van der Waals surface area contributed by atoms with Gasteiger partial charge in [-0.3, -0.25) is 4.68 Å². The van der Waals surface area contributed by atoms with E-state index in [1.807, 2.05) is 74.1 Å². The van der Waals surface area contributed by atoms with Crippen molar-refractivity contribution >= 4 is 17.4 Å². The first kappa shape index (κ1) is 14.8. The monoisotopic (exact) mass is 289 g/mol. The van der Waals surface area contributed by atoms with Gasteiger partial charge >= 0.3 is 0 Å². The Morgan fingerprint density at radius 3 is 2.55 bits per heavy atom. The standard InChI is InChI=1S/C15H19N3OS/c1-15(2,20(16)19)10-9-13-11-14(18(3)17-13)12-7-5-4-6-8-12/h4-11H,16H2,1-3H3. The largest absolute Gasteiger partial charge is 0.598 e. The van der Waals surface area contributed by atoms with E-state index in [-0.39, 0.29) is 0 Å². The molecule has 0 saturated heterocycles. The molecule has 2 aromatic rings. The molecular formula is C15H19N3OS. The third kappa shape index (κ3) is 3.30. The minimum atomic E-state index is -1.41. The number of hydrogen-bond acceptors (Lipinski definition) is 3. The quantitative estimate of drug-likeness (QED) is 0.879. The van der Waals surface area contributed by atoms with Crippen molar-refractivity contribution in [1.82, 2.24) is 9.78 Å². The maximum atomic E-state index is 11.4. The van der Waals surface area contributed by atoms with Gasteiger partial charge < -0.3 is 4.55 Å². The molecule has 20 heavy (non-hydrogen) atoms. The van der Waals surface area contributed by atoms with Crippen molar-refractivity contribution in [2.24, 2.45) is 12.2 Å².